The van der Waals surface area contributed by atoms with Crippen LogP contribution < -0.4 is 14.2 Å². The summed E-state index contributed by atoms with van der Waals surface area (Å²) < 4.78 is 37.2. The Hall–Kier alpha value is -2.06. The number of rotatable bonds is 4. The predicted octanol–water partition coefficient (Wildman–Crippen LogP) is 0.659. The van der Waals surface area contributed by atoms with Crippen LogP contribution in [-0.4, -0.2) is 31.8 Å². The number of aromatic amines is 1. The molecule has 106 valence electrons. The summed E-state index contributed by atoms with van der Waals surface area (Å²) in [5.74, 6) is 1.31. The van der Waals surface area contributed by atoms with E-state index in [0.717, 1.165) is 5.56 Å². The molecule has 2 N–H and O–H groups in total. The molecule has 7 nitrogen and oxygen atoms in total. The number of nitrogens with one attached hydrogen (secondary N) is 2. The van der Waals surface area contributed by atoms with Crippen molar-refractivity contribution >= 4 is 10.0 Å². The molecular formula is C12H13N3O4S. The second-order valence-corrected chi connectivity index (χ2v) is 6.00. The van der Waals surface area contributed by atoms with E-state index in [1.54, 1.807) is 18.2 Å². The lowest BCUT2D eigenvalue weighted by Gasteiger charge is -2.18. The maximum Gasteiger partial charge on any atom is 0.243 e. The fourth-order valence-corrected chi connectivity index (χ4v) is 2.77. The number of hydrogen-bond acceptors (Lipinski definition) is 5. The summed E-state index contributed by atoms with van der Waals surface area (Å²) in [4.78, 5) is 0.107. The summed E-state index contributed by atoms with van der Waals surface area (Å²) in [5.41, 5.74) is 0.793. The molecule has 2 heterocycles. The standard InChI is InChI=1S/C12H13N3O4S/c16-20(17,10-7-13-14-8-10)15-6-9-1-2-11-12(5-9)19-4-3-18-11/h1-2,5,7-8,15H,3-4,6H2,(H,13,14). The maximum atomic E-state index is 11.9. The zero-order valence-electron chi connectivity index (χ0n) is 10.5. The van der Waals surface area contributed by atoms with E-state index >= 15 is 0 Å². The number of sulfonamides is 1. The third-order valence-electron chi connectivity index (χ3n) is 2.86. The monoisotopic (exact) mass is 295 g/mol. The average Bonchev–Trinajstić information content (AvgIpc) is 3.00. The molecule has 1 aromatic heterocycles. The molecule has 20 heavy (non-hydrogen) atoms. The first-order chi connectivity index (χ1) is 9.65. The van der Waals surface area contributed by atoms with Gasteiger partial charge >= 0.3 is 0 Å². The number of fused-ring (bicyclic) bond motifs is 1. The van der Waals surface area contributed by atoms with Gasteiger partial charge in [0.15, 0.2) is 11.5 Å². The van der Waals surface area contributed by atoms with Gasteiger partial charge in [-0.2, -0.15) is 5.10 Å². The number of H-pyrrole nitrogens is 1. The van der Waals surface area contributed by atoms with Crippen LogP contribution in [0.1, 0.15) is 5.56 Å². The van der Waals surface area contributed by atoms with E-state index in [-0.39, 0.29) is 11.4 Å². The Labute approximate surface area is 116 Å². The smallest absolute Gasteiger partial charge is 0.243 e. The Morgan fingerprint density at radius 1 is 1.25 bits per heavy atom. The minimum atomic E-state index is -3.55. The van der Waals surface area contributed by atoms with Crippen molar-refractivity contribution in [3.63, 3.8) is 0 Å². The Morgan fingerprint density at radius 3 is 2.80 bits per heavy atom. The van der Waals surface area contributed by atoms with Crippen LogP contribution in [0.5, 0.6) is 11.5 Å². The molecule has 0 saturated carbocycles. The lowest BCUT2D eigenvalue weighted by molar-refractivity contribution is 0.171. The SMILES string of the molecule is O=S(=O)(NCc1ccc2c(c1)OCCO2)c1cn[nH]c1. The second kappa shape index (κ2) is 5.14. The number of ether oxygens (including phenoxy) is 2. The van der Waals surface area contributed by atoms with E-state index in [2.05, 4.69) is 14.9 Å². The third-order valence-corrected chi connectivity index (χ3v) is 4.22. The van der Waals surface area contributed by atoms with Gasteiger partial charge in [0, 0.05) is 12.7 Å². The van der Waals surface area contributed by atoms with Gasteiger partial charge in [-0.3, -0.25) is 5.10 Å². The van der Waals surface area contributed by atoms with Crippen LogP contribution in [0.3, 0.4) is 0 Å². The van der Waals surface area contributed by atoms with Crippen LogP contribution in [0, 0.1) is 0 Å². The Bertz CT molecular complexity index is 697. The molecule has 0 fully saturated rings. The quantitative estimate of drug-likeness (QED) is 0.864. The van der Waals surface area contributed by atoms with Gasteiger partial charge in [0.25, 0.3) is 0 Å². The van der Waals surface area contributed by atoms with Crippen molar-refractivity contribution in [2.75, 3.05) is 13.2 Å². The molecule has 1 aliphatic heterocycles. The van der Waals surface area contributed by atoms with Crippen molar-refractivity contribution in [3.8, 4) is 11.5 Å². The van der Waals surface area contributed by atoms with E-state index in [9.17, 15) is 8.42 Å². The first-order valence-corrected chi connectivity index (χ1v) is 7.50. The molecule has 0 saturated heterocycles. The van der Waals surface area contributed by atoms with Crippen molar-refractivity contribution in [3.05, 3.63) is 36.2 Å². The van der Waals surface area contributed by atoms with Crippen LogP contribution in [0.25, 0.3) is 0 Å². The summed E-state index contributed by atoms with van der Waals surface area (Å²) in [6.07, 6.45) is 2.58. The predicted molar refractivity (Wildman–Crippen MR) is 70.0 cm³/mol. The van der Waals surface area contributed by atoms with Gasteiger partial charge in [0.1, 0.15) is 18.1 Å². The largest absolute Gasteiger partial charge is 0.486 e. The van der Waals surface area contributed by atoms with Gasteiger partial charge in [0.05, 0.1) is 6.20 Å². The van der Waals surface area contributed by atoms with Gasteiger partial charge in [-0.25, -0.2) is 13.1 Å². The summed E-state index contributed by atoms with van der Waals surface area (Å²) in [6.45, 7) is 1.20. The van der Waals surface area contributed by atoms with E-state index in [1.807, 2.05) is 0 Å². The molecule has 1 aliphatic rings. The first-order valence-electron chi connectivity index (χ1n) is 6.02. The van der Waals surface area contributed by atoms with Crippen molar-refractivity contribution in [2.24, 2.45) is 0 Å². The summed E-state index contributed by atoms with van der Waals surface area (Å²) >= 11 is 0. The highest BCUT2D eigenvalue weighted by atomic mass is 32.2. The normalized spacial score (nSPS) is 14.2. The van der Waals surface area contributed by atoms with E-state index in [0.29, 0.717) is 24.7 Å². The van der Waals surface area contributed by atoms with Crippen molar-refractivity contribution in [1.29, 1.82) is 0 Å². The van der Waals surface area contributed by atoms with Crippen LogP contribution in [0.2, 0.25) is 0 Å². The minimum Gasteiger partial charge on any atom is -0.486 e. The molecule has 8 heteroatoms. The first kappa shape index (κ1) is 12.9. The molecule has 0 radical (unpaired) electrons. The zero-order chi connectivity index (χ0) is 14.0. The lowest BCUT2D eigenvalue weighted by Crippen LogP contribution is -2.23. The Kier molecular flexibility index (Phi) is 3.33. The van der Waals surface area contributed by atoms with Crippen molar-refractivity contribution in [2.45, 2.75) is 11.4 Å². The summed E-state index contributed by atoms with van der Waals surface area (Å²) in [6, 6.07) is 5.34. The van der Waals surface area contributed by atoms with Crippen LogP contribution in [0.4, 0.5) is 0 Å². The van der Waals surface area contributed by atoms with Gasteiger partial charge in [-0.15, -0.1) is 0 Å². The van der Waals surface area contributed by atoms with E-state index in [1.165, 1.54) is 12.4 Å². The van der Waals surface area contributed by atoms with Gasteiger partial charge < -0.3 is 9.47 Å². The molecule has 1 aromatic carbocycles. The van der Waals surface area contributed by atoms with Crippen LogP contribution >= 0.6 is 0 Å². The van der Waals surface area contributed by atoms with Crippen LogP contribution in [-0.2, 0) is 16.6 Å². The molecule has 0 aliphatic carbocycles. The maximum absolute atomic E-state index is 11.9. The third kappa shape index (κ3) is 2.61. The van der Waals surface area contributed by atoms with Gasteiger partial charge in [-0.1, -0.05) is 6.07 Å². The van der Waals surface area contributed by atoms with Crippen molar-refractivity contribution < 1.29 is 17.9 Å². The molecule has 2 aromatic rings. The summed E-state index contributed by atoms with van der Waals surface area (Å²) in [5, 5.41) is 6.09. The average molecular weight is 295 g/mol. The summed E-state index contributed by atoms with van der Waals surface area (Å²) in [7, 11) is -3.55. The Balaban J connectivity index is 1.73. The van der Waals surface area contributed by atoms with Crippen LogP contribution in [0.15, 0.2) is 35.5 Å². The number of nitrogens with zero attached hydrogens (tertiary/aromatic N) is 1. The molecule has 0 unspecified atom stereocenters. The van der Waals surface area contributed by atoms with Gasteiger partial charge in [-0.05, 0) is 17.7 Å². The minimum absolute atomic E-state index is 0.107. The highest BCUT2D eigenvalue weighted by Crippen LogP contribution is 2.30. The fraction of sp³-hybridized carbons (Fsp3) is 0.250. The highest BCUT2D eigenvalue weighted by Gasteiger charge is 2.16. The van der Waals surface area contributed by atoms with Crippen molar-refractivity contribution in [1.82, 2.24) is 14.9 Å². The lowest BCUT2D eigenvalue weighted by atomic mass is 10.2. The second-order valence-electron chi connectivity index (χ2n) is 4.24. The molecule has 0 amide bonds. The van der Waals surface area contributed by atoms with Gasteiger partial charge in [0.2, 0.25) is 10.0 Å². The number of aromatic nitrogens is 2. The zero-order valence-corrected chi connectivity index (χ0v) is 11.3. The van der Waals surface area contributed by atoms with E-state index < -0.39 is 10.0 Å². The topological polar surface area (TPSA) is 93.3 Å². The molecule has 0 bridgehead atoms. The highest BCUT2D eigenvalue weighted by molar-refractivity contribution is 7.89. The fourth-order valence-electron chi connectivity index (χ4n) is 1.85. The Morgan fingerprint density at radius 2 is 2.05 bits per heavy atom. The molecule has 0 spiro atoms. The molecule has 3 rings (SSSR count). The molecular weight excluding hydrogens is 282 g/mol. The number of benzene rings is 1. The number of hydrogen-bond donors (Lipinski definition) is 2. The molecule has 0 atom stereocenters. The van der Waals surface area contributed by atoms with E-state index in [4.69, 9.17) is 9.47 Å².